The molecule has 1 fully saturated rings. The van der Waals surface area contributed by atoms with Gasteiger partial charge in [-0.1, -0.05) is 183 Å². The van der Waals surface area contributed by atoms with Gasteiger partial charge in [0.2, 0.25) is 0 Å². The van der Waals surface area contributed by atoms with Crippen LogP contribution < -0.4 is 0 Å². The SMILES string of the molecule is c1ccc(-c2nc(-c3ccccc3)nc(-c3ccc(-c4nc(-c5ccccc5)nc(-c5cccc(-c6nc(-c7ccccc7)nc(C7CCCCC7)n6)c5)n4)cc3)n2)cc1. The maximum atomic E-state index is 5.11. The van der Waals surface area contributed by atoms with Crippen molar-refractivity contribution in [2.75, 3.05) is 0 Å². The fourth-order valence-corrected chi connectivity index (χ4v) is 7.63. The first-order chi connectivity index (χ1) is 29.7. The molecule has 3 heterocycles. The average Bonchev–Trinajstić information content (AvgIpc) is 3.35. The third-order valence-electron chi connectivity index (χ3n) is 10.8. The van der Waals surface area contributed by atoms with Gasteiger partial charge in [-0.3, -0.25) is 0 Å². The molecule has 0 N–H and O–H groups in total. The first-order valence-electron chi connectivity index (χ1n) is 20.4. The molecule has 1 saturated carbocycles. The van der Waals surface area contributed by atoms with Crippen LogP contribution in [0.3, 0.4) is 0 Å². The summed E-state index contributed by atoms with van der Waals surface area (Å²) in [6.45, 7) is 0. The minimum Gasteiger partial charge on any atom is -0.213 e. The molecule has 0 bridgehead atoms. The minimum atomic E-state index is 0.319. The van der Waals surface area contributed by atoms with Gasteiger partial charge in [0.05, 0.1) is 0 Å². The highest BCUT2D eigenvalue weighted by atomic mass is 15.1. The first kappa shape index (κ1) is 36.7. The number of nitrogens with zero attached hydrogens (tertiary/aromatic N) is 9. The van der Waals surface area contributed by atoms with E-state index < -0.39 is 0 Å². The fraction of sp³-hybridized carbons (Fsp3) is 0.118. The Morgan fingerprint density at radius 3 is 0.867 bits per heavy atom. The molecule has 9 heteroatoms. The van der Waals surface area contributed by atoms with E-state index in [0.717, 1.165) is 63.2 Å². The zero-order valence-corrected chi connectivity index (χ0v) is 32.8. The quantitative estimate of drug-likeness (QED) is 0.141. The summed E-state index contributed by atoms with van der Waals surface area (Å²) >= 11 is 0. The maximum absolute atomic E-state index is 5.11. The Morgan fingerprint density at radius 2 is 0.517 bits per heavy atom. The molecule has 60 heavy (non-hydrogen) atoms. The van der Waals surface area contributed by atoms with Crippen LogP contribution in [0.5, 0.6) is 0 Å². The minimum absolute atomic E-state index is 0.319. The molecular weight excluding hydrogens is 739 g/mol. The van der Waals surface area contributed by atoms with Crippen LogP contribution in [0.15, 0.2) is 170 Å². The predicted molar refractivity (Wildman–Crippen MR) is 236 cm³/mol. The first-order valence-corrected chi connectivity index (χ1v) is 20.4. The molecule has 3 aromatic heterocycles. The summed E-state index contributed by atoms with van der Waals surface area (Å²) in [6.07, 6.45) is 5.83. The summed E-state index contributed by atoms with van der Waals surface area (Å²) in [7, 11) is 0. The lowest BCUT2D eigenvalue weighted by Crippen LogP contribution is -2.11. The highest BCUT2D eigenvalue weighted by molar-refractivity contribution is 5.73. The van der Waals surface area contributed by atoms with Gasteiger partial charge in [0.25, 0.3) is 0 Å². The van der Waals surface area contributed by atoms with E-state index in [0.29, 0.717) is 52.5 Å². The van der Waals surface area contributed by atoms with Gasteiger partial charge in [0.15, 0.2) is 46.6 Å². The lowest BCUT2D eigenvalue weighted by Gasteiger charge is -2.21. The van der Waals surface area contributed by atoms with E-state index in [-0.39, 0.29) is 0 Å². The van der Waals surface area contributed by atoms with E-state index in [1.54, 1.807) is 0 Å². The molecule has 9 aromatic rings. The molecule has 9 nitrogen and oxygen atoms in total. The van der Waals surface area contributed by atoms with Crippen LogP contribution in [0.25, 0.3) is 91.1 Å². The fourth-order valence-electron chi connectivity index (χ4n) is 7.63. The molecule has 288 valence electrons. The van der Waals surface area contributed by atoms with Gasteiger partial charge in [-0.25, -0.2) is 44.9 Å². The van der Waals surface area contributed by atoms with E-state index in [1.807, 2.05) is 152 Å². The summed E-state index contributed by atoms with van der Waals surface area (Å²) < 4.78 is 0. The zero-order valence-electron chi connectivity index (χ0n) is 32.8. The van der Waals surface area contributed by atoms with E-state index in [2.05, 4.69) is 18.2 Å². The Morgan fingerprint density at radius 1 is 0.250 bits per heavy atom. The summed E-state index contributed by atoms with van der Waals surface area (Å²) in [4.78, 5) is 45.0. The molecule has 0 amide bonds. The average molecular weight is 778 g/mol. The topological polar surface area (TPSA) is 116 Å². The zero-order chi connectivity index (χ0) is 40.1. The molecule has 1 aliphatic rings. The van der Waals surface area contributed by atoms with Gasteiger partial charge >= 0.3 is 0 Å². The maximum Gasteiger partial charge on any atom is 0.164 e. The summed E-state index contributed by atoms with van der Waals surface area (Å²) in [5.41, 5.74) is 7.09. The Bertz CT molecular complexity index is 2830. The van der Waals surface area contributed by atoms with Gasteiger partial charge in [0.1, 0.15) is 5.82 Å². The third kappa shape index (κ3) is 7.93. The van der Waals surface area contributed by atoms with Gasteiger partial charge in [0, 0.05) is 50.4 Å². The van der Waals surface area contributed by atoms with Crippen LogP contribution in [0, 0.1) is 0 Å². The van der Waals surface area contributed by atoms with Crippen molar-refractivity contribution < 1.29 is 0 Å². The predicted octanol–water partition coefficient (Wildman–Crippen LogP) is 11.6. The van der Waals surface area contributed by atoms with Crippen LogP contribution in [-0.2, 0) is 0 Å². The second kappa shape index (κ2) is 16.7. The van der Waals surface area contributed by atoms with Crippen molar-refractivity contribution in [2.24, 2.45) is 0 Å². The van der Waals surface area contributed by atoms with Crippen LogP contribution in [0.1, 0.15) is 43.8 Å². The number of benzene rings is 6. The van der Waals surface area contributed by atoms with Gasteiger partial charge in [-0.15, -0.1) is 0 Å². The lowest BCUT2D eigenvalue weighted by atomic mass is 9.88. The van der Waals surface area contributed by atoms with E-state index in [9.17, 15) is 0 Å². The molecule has 1 aliphatic carbocycles. The van der Waals surface area contributed by atoms with E-state index in [4.69, 9.17) is 44.9 Å². The standard InChI is InChI=1S/C51H39N9/c1-6-17-34(18-7-1)43-52-44(35-19-8-2-9-20-35)55-48(54-43)39-29-31-40(32-30-39)49-56-47(38-25-14-5-15-26-38)59-51(60-49)42-28-16-27-41(33-42)50-57-45(36-21-10-3-11-22-36)53-46(58-50)37-23-12-4-13-24-37/h1-3,5-11,14-22,25-33,37H,4,12-13,23-24H2. The Balaban J connectivity index is 1.04. The van der Waals surface area contributed by atoms with Crippen LogP contribution in [0.4, 0.5) is 0 Å². The second-order valence-corrected chi connectivity index (χ2v) is 14.9. The Kier molecular flexibility index (Phi) is 10.2. The van der Waals surface area contributed by atoms with Crippen molar-refractivity contribution in [3.05, 3.63) is 176 Å². The normalized spacial score (nSPS) is 12.9. The Hall–Kier alpha value is -7.65. The summed E-state index contributed by atoms with van der Waals surface area (Å²) in [5.74, 6) is 5.99. The molecule has 0 saturated heterocycles. The summed E-state index contributed by atoms with van der Waals surface area (Å²) in [6, 6.07) is 56.3. The van der Waals surface area contributed by atoms with E-state index >= 15 is 0 Å². The van der Waals surface area contributed by atoms with Gasteiger partial charge in [-0.2, -0.15) is 0 Å². The molecule has 10 rings (SSSR count). The lowest BCUT2D eigenvalue weighted by molar-refractivity contribution is 0.428. The van der Waals surface area contributed by atoms with Crippen molar-refractivity contribution in [1.82, 2.24) is 44.9 Å². The highest BCUT2D eigenvalue weighted by Gasteiger charge is 2.22. The van der Waals surface area contributed by atoms with E-state index in [1.165, 1.54) is 19.3 Å². The number of hydrogen-bond donors (Lipinski definition) is 0. The molecule has 6 aromatic carbocycles. The second-order valence-electron chi connectivity index (χ2n) is 14.9. The molecule has 0 unspecified atom stereocenters. The van der Waals surface area contributed by atoms with Crippen molar-refractivity contribution >= 4 is 0 Å². The van der Waals surface area contributed by atoms with Crippen molar-refractivity contribution in [2.45, 2.75) is 38.0 Å². The smallest absolute Gasteiger partial charge is 0.164 e. The number of aromatic nitrogens is 9. The third-order valence-corrected chi connectivity index (χ3v) is 10.8. The molecule has 0 aliphatic heterocycles. The summed E-state index contributed by atoms with van der Waals surface area (Å²) in [5, 5.41) is 0. The van der Waals surface area contributed by atoms with Crippen LogP contribution >= 0.6 is 0 Å². The largest absolute Gasteiger partial charge is 0.213 e. The van der Waals surface area contributed by atoms with Gasteiger partial charge in [-0.05, 0) is 18.9 Å². The molecule has 0 spiro atoms. The molecule has 0 atom stereocenters. The van der Waals surface area contributed by atoms with Crippen LogP contribution in [-0.4, -0.2) is 44.9 Å². The van der Waals surface area contributed by atoms with Crippen molar-refractivity contribution in [1.29, 1.82) is 0 Å². The Labute approximate surface area is 348 Å². The van der Waals surface area contributed by atoms with Gasteiger partial charge < -0.3 is 0 Å². The molecule has 0 radical (unpaired) electrons. The monoisotopic (exact) mass is 777 g/mol. The molecular formula is C51H39N9. The van der Waals surface area contributed by atoms with Crippen molar-refractivity contribution in [3.63, 3.8) is 0 Å². The van der Waals surface area contributed by atoms with Crippen LogP contribution in [0.2, 0.25) is 0 Å². The highest BCUT2D eigenvalue weighted by Crippen LogP contribution is 2.34. The van der Waals surface area contributed by atoms with Crippen molar-refractivity contribution in [3.8, 4) is 91.1 Å². The number of hydrogen-bond acceptors (Lipinski definition) is 9. The number of rotatable bonds is 9.